The van der Waals surface area contributed by atoms with E-state index >= 15 is 0 Å². The first-order valence-electron chi connectivity index (χ1n) is 7.92. The van der Waals surface area contributed by atoms with Crippen molar-refractivity contribution in [2.75, 3.05) is 5.32 Å². The number of aromatic nitrogens is 2. The van der Waals surface area contributed by atoms with Crippen molar-refractivity contribution in [1.29, 1.82) is 0 Å². The molecule has 0 bridgehead atoms. The number of hydrogen-bond donors (Lipinski definition) is 1. The van der Waals surface area contributed by atoms with Gasteiger partial charge in [0, 0.05) is 35.9 Å². The van der Waals surface area contributed by atoms with E-state index in [2.05, 4.69) is 22.6 Å². The van der Waals surface area contributed by atoms with Crippen molar-refractivity contribution in [3.05, 3.63) is 85.1 Å². The Hall–Kier alpha value is -3.34. The summed E-state index contributed by atoms with van der Waals surface area (Å²) in [5.41, 5.74) is 4.62. The summed E-state index contributed by atoms with van der Waals surface area (Å²) in [6.45, 7) is 4.30. The number of rotatable bonds is 5. The van der Waals surface area contributed by atoms with Gasteiger partial charge in [-0.25, -0.2) is 0 Å². The van der Waals surface area contributed by atoms with E-state index in [9.17, 15) is 0 Å². The highest BCUT2D eigenvalue weighted by atomic mass is 16.5. The second-order valence-electron chi connectivity index (χ2n) is 5.66. The van der Waals surface area contributed by atoms with E-state index in [1.54, 1.807) is 0 Å². The number of hydrogen-bond acceptors (Lipinski definition) is 5. The molecule has 1 N–H and O–H groups in total. The van der Waals surface area contributed by atoms with E-state index in [1.165, 1.54) is 0 Å². The molecule has 0 unspecified atom stereocenters. The third-order valence-corrected chi connectivity index (χ3v) is 3.83. The summed E-state index contributed by atoms with van der Waals surface area (Å²) in [7, 11) is 0. The van der Waals surface area contributed by atoms with Crippen LogP contribution in [-0.2, 0) is 6.54 Å². The van der Waals surface area contributed by atoms with Crippen LogP contribution in [0.25, 0.3) is 22.6 Å². The second-order valence-corrected chi connectivity index (χ2v) is 5.66. The first-order chi connectivity index (χ1) is 12.3. The van der Waals surface area contributed by atoms with Crippen LogP contribution in [0.4, 0.5) is 5.69 Å². The summed E-state index contributed by atoms with van der Waals surface area (Å²) >= 11 is 0. The SMILES string of the molecule is [CH2]c1cc(-c2ccc(NCc3cc(-c4ccccc4)on3)cc2)no1. The molecule has 0 saturated heterocycles. The molecule has 2 heterocycles. The maximum atomic E-state index is 5.40. The topological polar surface area (TPSA) is 64.1 Å². The van der Waals surface area contributed by atoms with Crippen LogP contribution in [0.15, 0.2) is 75.8 Å². The quantitative estimate of drug-likeness (QED) is 0.570. The van der Waals surface area contributed by atoms with Crippen molar-refractivity contribution in [3.8, 4) is 22.6 Å². The van der Waals surface area contributed by atoms with Crippen LogP contribution >= 0.6 is 0 Å². The van der Waals surface area contributed by atoms with E-state index in [4.69, 9.17) is 9.05 Å². The Balaban J connectivity index is 1.41. The monoisotopic (exact) mass is 330 g/mol. The molecule has 5 nitrogen and oxygen atoms in total. The van der Waals surface area contributed by atoms with Crippen molar-refractivity contribution >= 4 is 5.69 Å². The van der Waals surface area contributed by atoms with Crippen molar-refractivity contribution in [3.63, 3.8) is 0 Å². The molecule has 0 atom stereocenters. The van der Waals surface area contributed by atoms with Crippen LogP contribution in [0.2, 0.25) is 0 Å². The summed E-state index contributed by atoms with van der Waals surface area (Å²) < 4.78 is 10.4. The summed E-state index contributed by atoms with van der Waals surface area (Å²) in [4.78, 5) is 0. The molecule has 4 aromatic rings. The molecule has 0 aliphatic carbocycles. The Kier molecular flexibility index (Phi) is 4.04. The number of benzene rings is 2. The zero-order valence-electron chi connectivity index (χ0n) is 13.5. The molecule has 0 amide bonds. The Morgan fingerprint density at radius 1 is 0.840 bits per heavy atom. The van der Waals surface area contributed by atoms with E-state index in [1.807, 2.05) is 66.7 Å². The number of anilines is 1. The van der Waals surface area contributed by atoms with Gasteiger partial charge in [0.15, 0.2) is 5.76 Å². The van der Waals surface area contributed by atoms with Gasteiger partial charge < -0.3 is 14.4 Å². The normalized spacial score (nSPS) is 10.8. The highest BCUT2D eigenvalue weighted by Crippen LogP contribution is 2.22. The summed E-state index contributed by atoms with van der Waals surface area (Å²) in [5.74, 6) is 1.32. The van der Waals surface area contributed by atoms with E-state index in [0.29, 0.717) is 12.3 Å². The minimum Gasteiger partial charge on any atom is -0.379 e. The fourth-order valence-electron chi connectivity index (χ4n) is 2.53. The smallest absolute Gasteiger partial charge is 0.167 e. The predicted octanol–water partition coefficient (Wildman–Crippen LogP) is 4.79. The lowest BCUT2D eigenvalue weighted by molar-refractivity contribution is 0.409. The second kappa shape index (κ2) is 6.65. The molecule has 123 valence electrons. The molecule has 25 heavy (non-hydrogen) atoms. The maximum absolute atomic E-state index is 5.40. The van der Waals surface area contributed by atoms with E-state index < -0.39 is 0 Å². The minimum atomic E-state index is 0.553. The highest BCUT2D eigenvalue weighted by Gasteiger charge is 2.07. The molecule has 0 aliphatic heterocycles. The maximum Gasteiger partial charge on any atom is 0.167 e. The van der Waals surface area contributed by atoms with Crippen molar-refractivity contribution in [1.82, 2.24) is 10.3 Å². The van der Waals surface area contributed by atoms with Gasteiger partial charge in [0.25, 0.3) is 0 Å². The van der Waals surface area contributed by atoms with E-state index in [-0.39, 0.29) is 0 Å². The molecule has 0 aliphatic rings. The lowest BCUT2D eigenvalue weighted by atomic mass is 10.1. The number of nitrogens with one attached hydrogen (secondary N) is 1. The van der Waals surface area contributed by atoms with Gasteiger partial charge in [-0.1, -0.05) is 52.8 Å². The summed E-state index contributed by atoms with van der Waals surface area (Å²) in [6.07, 6.45) is 0. The Morgan fingerprint density at radius 3 is 2.36 bits per heavy atom. The van der Waals surface area contributed by atoms with Gasteiger partial charge in [-0.15, -0.1) is 0 Å². The van der Waals surface area contributed by atoms with Gasteiger partial charge in [-0.3, -0.25) is 0 Å². The average Bonchev–Trinajstić information content (AvgIpc) is 3.30. The van der Waals surface area contributed by atoms with Crippen molar-refractivity contribution in [2.45, 2.75) is 6.54 Å². The van der Waals surface area contributed by atoms with Gasteiger partial charge in [0.05, 0.1) is 6.54 Å². The average molecular weight is 330 g/mol. The Morgan fingerprint density at radius 2 is 1.64 bits per heavy atom. The van der Waals surface area contributed by atoms with Crippen molar-refractivity contribution in [2.24, 2.45) is 0 Å². The van der Waals surface area contributed by atoms with Crippen LogP contribution in [0.5, 0.6) is 0 Å². The van der Waals surface area contributed by atoms with Crippen LogP contribution in [-0.4, -0.2) is 10.3 Å². The third kappa shape index (κ3) is 3.45. The fourth-order valence-corrected chi connectivity index (χ4v) is 2.53. The summed E-state index contributed by atoms with van der Waals surface area (Å²) in [5, 5.41) is 11.4. The molecular weight excluding hydrogens is 314 g/mol. The lowest BCUT2D eigenvalue weighted by Gasteiger charge is -2.04. The van der Waals surface area contributed by atoms with Crippen molar-refractivity contribution < 1.29 is 9.05 Å². The van der Waals surface area contributed by atoms with E-state index in [0.717, 1.165) is 34.0 Å². The Bertz CT molecular complexity index is 956. The zero-order chi connectivity index (χ0) is 17.1. The Labute approximate surface area is 145 Å². The van der Waals surface area contributed by atoms with Gasteiger partial charge in [-0.05, 0) is 12.1 Å². The van der Waals surface area contributed by atoms with Gasteiger partial charge in [0.2, 0.25) is 0 Å². The molecular formula is C20H16N3O2. The van der Waals surface area contributed by atoms with Crippen LogP contribution in [0.3, 0.4) is 0 Å². The van der Waals surface area contributed by atoms with Gasteiger partial charge in [-0.2, -0.15) is 0 Å². The largest absolute Gasteiger partial charge is 0.379 e. The van der Waals surface area contributed by atoms with Crippen LogP contribution in [0, 0.1) is 6.92 Å². The highest BCUT2D eigenvalue weighted by molar-refractivity contribution is 5.62. The molecule has 0 fully saturated rings. The molecule has 1 radical (unpaired) electrons. The van der Waals surface area contributed by atoms with Crippen LogP contribution < -0.4 is 5.32 Å². The van der Waals surface area contributed by atoms with Gasteiger partial charge in [0.1, 0.15) is 17.1 Å². The molecule has 2 aromatic carbocycles. The third-order valence-electron chi connectivity index (χ3n) is 3.83. The van der Waals surface area contributed by atoms with Gasteiger partial charge >= 0.3 is 0 Å². The molecule has 0 saturated carbocycles. The molecule has 2 aromatic heterocycles. The molecule has 5 heteroatoms. The van der Waals surface area contributed by atoms with Crippen LogP contribution in [0.1, 0.15) is 11.5 Å². The molecule has 4 rings (SSSR count). The predicted molar refractivity (Wildman–Crippen MR) is 95.7 cm³/mol. The fraction of sp³-hybridized carbons (Fsp3) is 0.0500. The lowest BCUT2D eigenvalue weighted by Crippen LogP contribution is -1.99. The molecule has 0 spiro atoms. The number of nitrogens with zero attached hydrogens (tertiary/aromatic N) is 2. The first kappa shape index (κ1) is 15.2. The first-order valence-corrected chi connectivity index (χ1v) is 7.92. The standard InChI is InChI=1S/C20H16N3O2/c1-14-11-19(23-24-14)15-7-9-17(10-8-15)21-13-18-12-20(25-22-18)16-5-3-2-4-6-16/h2-12,21H,1,13H2. The zero-order valence-corrected chi connectivity index (χ0v) is 13.5. The minimum absolute atomic E-state index is 0.553. The summed E-state index contributed by atoms with van der Waals surface area (Å²) in [6, 6.07) is 21.6.